The Kier molecular flexibility index (Phi) is 6.38. The molecule has 0 atom stereocenters. The third kappa shape index (κ3) is 4.51. The lowest BCUT2D eigenvalue weighted by atomic mass is 10.1. The molecule has 9 nitrogen and oxygen atoms in total. The van der Waals surface area contributed by atoms with Crippen LogP contribution in [0.25, 0.3) is 11.3 Å². The number of carbonyl (C=O) groups is 2. The van der Waals surface area contributed by atoms with Gasteiger partial charge in [-0.3, -0.25) is 19.7 Å². The lowest BCUT2D eigenvalue weighted by Gasteiger charge is -1.99. The maximum absolute atomic E-state index is 11.0. The zero-order valence-corrected chi connectivity index (χ0v) is 13.6. The molecule has 1 heterocycles. The lowest BCUT2D eigenvalue weighted by molar-refractivity contribution is -0.384. The summed E-state index contributed by atoms with van der Waals surface area (Å²) in [4.78, 5) is 36.5. The number of thiazole rings is 1. The van der Waals surface area contributed by atoms with Gasteiger partial charge in [-0.05, 0) is 0 Å². The Morgan fingerprint density at radius 1 is 1.29 bits per heavy atom. The summed E-state index contributed by atoms with van der Waals surface area (Å²) in [7, 11) is 0. The minimum Gasteiger partial charge on any atom is -0.365 e. The number of nitro groups is 1. The highest BCUT2D eigenvalue weighted by molar-refractivity contribution is 7.14. The molecule has 11 heteroatoms. The highest BCUT2D eigenvalue weighted by Gasteiger charge is 2.12. The number of nitrogens with two attached hydrogens (primary N) is 2. The molecule has 0 unspecified atom stereocenters. The Balaban J connectivity index is 0.00000288. The van der Waals surface area contributed by atoms with Crippen molar-refractivity contribution in [1.82, 2.24) is 4.98 Å². The molecule has 126 valence electrons. The molecule has 2 aromatic rings. The van der Waals surface area contributed by atoms with Crippen molar-refractivity contribution >= 4 is 46.4 Å². The first kappa shape index (κ1) is 19.1. The molecule has 2 rings (SSSR count). The molecule has 0 aliphatic rings. The van der Waals surface area contributed by atoms with Crippen LogP contribution < -0.4 is 16.8 Å². The summed E-state index contributed by atoms with van der Waals surface area (Å²) in [6.07, 6.45) is 1.07. The van der Waals surface area contributed by atoms with Crippen LogP contribution in [-0.2, 0) is 9.59 Å². The third-order valence-electron chi connectivity index (χ3n) is 2.73. The first-order valence-electron chi connectivity index (χ1n) is 6.15. The highest BCUT2D eigenvalue weighted by atomic mass is 35.5. The van der Waals surface area contributed by atoms with E-state index >= 15 is 0 Å². The van der Waals surface area contributed by atoms with Gasteiger partial charge >= 0.3 is 0 Å². The number of hydrogen-bond donors (Lipinski definition) is 3. The van der Waals surface area contributed by atoms with Crippen molar-refractivity contribution in [2.24, 2.45) is 11.5 Å². The second-order valence-corrected chi connectivity index (χ2v) is 5.13. The van der Waals surface area contributed by atoms with E-state index in [-0.39, 0.29) is 18.1 Å². The fourth-order valence-corrected chi connectivity index (χ4v) is 2.34. The Morgan fingerprint density at radius 3 is 2.54 bits per heavy atom. The number of primary amides is 2. The first-order valence-corrected chi connectivity index (χ1v) is 7.03. The maximum Gasteiger partial charge on any atom is 0.270 e. The summed E-state index contributed by atoms with van der Waals surface area (Å²) in [5.41, 5.74) is 10.7. The van der Waals surface area contributed by atoms with Crippen LogP contribution in [0.1, 0.15) is 0 Å². The fraction of sp³-hybridized carbons (Fsp3) is 0. The van der Waals surface area contributed by atoms with Crippen LogP contribution in [-0.4, -0.2) is 21.7 Å². The molecule has 2 amide bonds. The summed E-state index contributed by atoms with van der Waals surface area (Å²) in [5, 5.41) is 15.5. The van der Waals surface area contributed by atoms with E-state index in [9.17, 15) is 19.7 Å². The monoisotopic (exact) mass is 369 g/mol. The van der Waals surface area contributed by atoms with Crippen molar-refractivity contribution in [1.29, 1.82) is 0 Å². The van der Waals surface area contributed by atoms with Gasteiger partial charge in [0, 0.05) is 29.3 Å². The molecular weight excluding hydrogens is 358 g/mol. The number of rotatable bonds is 6. The van der Waals surface area contributed by atoms with Crippen LogP contribution in [0, 0.1) is 10.1 Å². The molecule has 0 fully saturated rings. The van der Waals surface area contributed by atoms with Crippen LogP contribution in [0.3, 0.4) is 0 Å². The van der Waals surface area contributed by atoms with E-state index in [1.807, 2.05) is 0 Å². The van der Waals surface area contributed by atoms with Gasteiger partial charge in [0.2, 0.25) is 0 Å². The Hall–Kier alpha value is -2.98. The second-order valence-electron chi connectivity index (χ2n) is 4.28. The standard InChI is InChI=1S/C13H11N5O4S.ClH/c14-11(19)9(12(15)20)5-16-13-17-10(6-23-13)7-2-1-3-8(4-7)18(21)22;/h1-6H,(H2,14,19)(H2,15,20)(H,16,17);1H. The number of nitro benzene ring substituents is 1. The number of anilines is 1. The second kappa shape index (κ2) is 8.04. The molecule has 0 aliphatic carbocycles. The van der Waals surface area contributed by atoms with Crippen molar-refractivity contribution < 1.29 is 14.5 Å². The molecule has 24 heavy (non-hydrogen) atoms. The van der Waals surface area contributed by atoms with Crippen molar-refractivity contribution in [2.75, 3.05) is 5.32 Å². The number of amides is 2. The van der Waals surface area contributed by atoms with Crippen molar-refractivity contribution in [3.8, 4) is 11.3 Å². The highest BCUT2D eigenvalue weighted by Crippen LogP contribution is 2.27. The number of nitrogens with one attached hydrogen (secondary N) is 1. The zero-order chi connectivity index (χ0) is 17.0. The molecule has 0 saturated heterocycles. The minimum absolute atomic E-state index is 0. The van der Waals surface area contributed by atoms with Gasteiger partial charge in [-0.25, -0.2) is 4.98 Å². The van der Waals surface area contributed by atoms with Gasteiger partial charge < -0.3 is 16.8 Å². The smallest absolute Gasteiger partial charge is 0.270 e. The number of carbonyl (C=O) groups excluding carboxylic acids is 2. The number of hydrogen-bond acceptors (Lipinski definition) is 7. The molecule has 0 spiro atoms. The van der Waals surface area contributed by atoms with Gasteiger partial charge in [-0.1, -0.05) is 12.1 Å². The normalized spacial score (nSPS) is 9.50. The SMILES string of the molecule is Cl.NC(=O)C(=CNc1nc(-c2cccc([N+](=O)[O-])c2)cs1)C(N)=O. The van der Waals surface area contributed by atoms with Gasteiger partial charge in [0.1, 0.15) is 5.57 Å². The fourth-order valence-electron chi connectivity index (χ4n) is 1.65. The number of benzene rings is 1. The molecule has 5 N–H and O–H groups in total. The van der Waals surface area contributed by atoms with E-state index in [1.165, 1.54) is 23.5 Å². The van der Waals surface area contributed by atoms with Crippen LogP contribution in [0.15, 0.2) is 41.4 Å². The average Bonchev–Trinajstić information content (AvgIpc) is 2.95. The maximum atomic E-state index is 11.0. The summed E-state index contributed by atoms with van der Waals surface area (Å²) in [6.45, 7) is 0. The van der Waals surface area contributed by atoms with Crippen LogP contribution in [0.4, 0.5) is 10.8 Å². The summed E-state index contributed by atoms with van der Waals surface area (Å²) >= 11 is 1.18. The van der Waals surface area contributed by atoms with E-state index in [0.29, 0.717) is 16.4 Å². The number of non-ortho nitro benzene ring substituents is 1. The van der Waals surface area contributed by atoms with E-state index in [0.717, 1.165) is 6.20 Å². The van der Waals surface area contributed by atoms with Crippen LogP contribution in [0.2, 0.25) is 0 Å². The largest absolute Gasteiger partial charge is 0.365 e. The molecule has 1 aromatic heterocycles. The number of aromatic nitrogens is 1. The topological polar surface area (TPSA) is 154 Å². The quantitative estimate of drug-likeness (QED) is 0.230. The summed E-state index contributed by atoms with van der Waals surface area (Å²) < 4.78 is 0. The molecule has 0 aliphatic heterocycles. The van der Waals surface area contributed by atoms with E-state index in [2.05, 4.69) is 10.3 Å². The molecule has 0 saturated carbocycles. The molecule has 1 aromatic carbocycles. The van der Waals surface area contributed by atoms with Crippen LogP contribution in [0.5, 0.6) is 0 Å². The van der Waals surface area contributed by atoms with Crippen molar-refractivity contribution in [3.63, 3.8) is 0 Å². The summed E-state index contributed by atoms with van der Waals surface area (Å²) in [5.74, 6) is -1.92. The van der Waals surface area contributed by atoms with Gasteiger partial charge in [0.05, 0.1) is 10.6 Å². The van der Waals surface area contributed by atoms with Crippen molar-refractivity contribution in [3.05, 3.63) is 51.5 Å². The van der Waals surface area contributed by atoms with Crippen molar-refractivity contribution in [2.45, 2.75) is 0 Å². The van der Waals surface area contributed by atoms with Gasteiger partial charge in [0.25, 0.3) is 17.5 Å². The molecule has 0 bridgehead atoms. The first-order chi connectivity index (χ1) is 10.9. The lowest BCUT2D eigenvalue weighted by Crippen LogP contribution is -2.26. The predicted octanol–water partition coefficient (Wildman–Crippen LogP) is 1.41. The third-order valence-corrected chi connectivity index (χ3v) is 3.50. The van der Waals surface area contributed by atoms with Crippen LogP contribution >= 0.6 is 23.7 Å². The molecular formula is C13H12ClN5O4S. The predicted molar refractivity (Wildman–Crippen MR) is 91.5 cm³/mol. The summed E-state index contributed by atoms with van der Waals surface area (Å²) in [6, 6.07) is 6.01. The Morgan fingerprint density at radius 2 is 1.96 bits per heavy atom. The minimum atomic E-state index is -0.958. The van der Waals surface area contributed by atoms with E-state index in [1.54, 1.807) is 17.5 Å². The van der Waals surface area contributed by atoms with Gasteiger partial charge in [-0.2, -0.15) is 0 Å². The number of halogens is 1. The zero-order valence-electron chi connectivity index (χ0n) is 12.0. The number of nitrogens with zero attached hydrogens (tertiary/aromatic N) is 2. The van der Waals surface area contributed by atoms with E-state index < -0.39 is 22.3 Å². The van der Waals surface area contributed by atoms with Gasteiger partial charge in [-0.15, -0.1) is 23.7 Å². The molecule has 0 radical (unpaired) electrons. The van der Waals surface area contributed by atoms with E-state index in [4.69, 9.17) is 11.5 Å². The average molecular weight is 370 g/mol. The Labute approximate surface area is 145 Å². The Bertz CT molecular complexity index is 804. The van der Waals surface area contributed by atoms with Gasteiger partial charge in [0.15, 0.2) is 5.13 Å².